The fourth-order valence-electron chi connectivity index (χ4n) is 2.41. The second kappa shape index (κ2) is 4.49. The van der Waals surface area contributed by atoms with Crippen molar-refractivity contribution < 1.29 is 18.4 Å². The van der Waals surface area contributed by atoms with Crippen molar-refractivity contribution in [3.63, 3.8) is 0 Å². The van der Waals surface area contributed by atoms with Crippen LogP contribution in [-0.2, 0) is 0 Å². The maximum absolute atomic E-state index is 13.9. The number of hydrogen-bond donors (Lipinski definition) is 0. The Morgan fingerprint density at radius 2 is 1.35 bits per heavy atom. The molecule has 2 nitrogen and oxygen atoms in total. The molecule has 3 rings (SSSR count). The highest BCUT2D eigenvalue weighted by Crippen LogP contribution is 2.39. The number of rotatable bonds is 1. The van der Waals surface area contributed by atoms with Crippen molar-refractivity contribution in [2.75, 3.05) is 0 Å². The minimum atomic E-state index is -1.41. The summed E-state index contributed by atoms with van der Waals surface area (Å²) < 4.78 is 27.4. The lowest BCUT2D eigenvalue weighted by molar-refractivity contribution is 0.0887. The molecule has 1 aliphatic carbocycles. The van der Waals surface area contributed by atoms with Crippen molar-refractivity contribution in [2.24, 2.45) is 0 Å². The fraction of sp³-hybridized carbons (Fsp3) is 0.0667. The molecule has 0 spiro atoms. The van der Waals surface area contributed by atoms with Gasteiger partial charge in [0.15, 0.2) is 11.6 Å². The van der Waals surface area contributed by atoms with Gasteiger partial charge in [-0.15, -0.1) is 0 Å². The second-order valence-corrected chi connectivity index (χ2v) is 4.84. The van der Waals surface area contributed by atoms with E-state index in [0.29, 0.717) is 0 Å². The third-order valence-electron chi connectivity index (χ3n) is 3.35. The SMILES string of the molecule is O=C1c2ccccc2C(=O)C1c1c(F)ccc(F)c1Cl. The van der Waals surface area contributed by atoms with Crippen molar-refractivity contribution in [3.8, 4) is 0 Å². The Hall–Kier alpha value is -2.07. The Kier molecular flexibility index (Phi) is 2.91. The standard InChI is InChI=1S/C15H7ClF2O2/c16-13-10(18)6-5-9(17)11(13)12-14(19)7-3-1-2-4-8(7)15(12)20/h1-6,12H. The summed E-state index contributed by atoms with van der Waals surface area (Å²) in [5.41, 5.74) is 0.0299. The molecule has 0 saturated heterocycles. The summed E-state index contributed by atoms with van der Waals surface area (Å²) in [7, 11) is 0. The molecule has 5 heteroatoms. The van der Waals surface area contributed by atoms with E-state index in [1.807, 2.05) is 0 Å². The van der Waals surface area contributed by atoms with Crippen LogP contribution in [0.25, 0.3) is 0 Å². The first-order valence-corrected chi connectivity index (χ1v) is 6.21. The summed E-state index contributed by atoms with van der Waals surface area (Å²) in [4.78, 5) is 24.5. The molecule has 0 radical (unpaired) electrons. The van der Waals surface area contributed by atoms with Gasteiger partial charge in [-0.05, 0) is 12.1 Å². The van der Waals surface area contributed by atoms with E-state index in [-0.39, 0.29) is 11.1 Å². The van der Waals surface area contributed by atoms with E-state index in [1.54, 1.807) is 12.1 Å². The summed E-state index contributed by atoms with van der Waals surface area (Å²) in [5.74, 6) is -4.25. The van der Waals surface area contributed by atoms with Gasteiger partial charge in [0.25, 0.3) is 0 Å². The number of fused-ring (bicyclic) bond motifs is 1. The highest BCUT2D eigenvalue weighted by molar-refractivity contribution is 6.35. The van der Waals surface area contributed by atoms with Gasteiger partial charge in [0.05, 0.1) is 5.02 Å². The van der Waals surface area contributed by atoms with Crippen LogP contribution < -0.4 is 0 Å². The van der Waals surface area contributed by atoms with E-state index in [9.17, 15) is 18.4 Å². The third-order valence-corrected chi connectivity index (χ3v) is 3.73. The van der Waals surface area contributed by atoms with Crippen molar-refractivity contribution in [1.82, 2.24) is 0 Å². The van der Waals surface area contributed by atoms with Gasteiger partial charge in [0, 0.05) is 16.7 Å². The molecule has 2 aromatic rings. The van der Waals surface area contributed by atoms with Crippen LogP contribution in [0.1, 0.15) is 32.2 Å². The average Bonchev–Trinajstić information content (AvgIpc) is 2.69. The molecule has 0 unspecified atom stereocenters. The molecule has 1 aliphatic rings. The van der Waals surface area contributed by atoms with Crippen LogP contribution in [-0.4, -0.2) is 11.6 Å². The molecule has 0 aromatic heterocycles. The summed E-state index contributed by atoms with van der Waals surface area (Å²) in [6.07, 6.45) is 0. The lowest BCUT2D eigenvalue weighted by Gasteiger charge is -2.11. The number of Topliss-reactive ketones (excluding diaryl/α,β-unsaturated/α-hetero) is 2. The van der Waals surface area contributed by atoms with Gasteiger partial charge >= 0.3 is 0 Å². The van der Waals surface area contributed by atoms with Crippen LogP contribution in [0.2, 0.25) is 5.02 Å². The number of ketones is 2. The molecule has 0 N–H and O–H groups in total. The Balaban J connectivity index is 2.22. The fourth-order valence-corrected chi connectivity index (χ4v) is 2.67. The highest BCUT2D eigenvalue weighted by atomic mass is 35.5. The van der Waals surface area contributed by atoms with Gasteiger partial charge in [-0.2, -0.15) is 0 Å². The maximum atomic E-state index is 13.9. The maximum Gasteiger partial charge on any atom is 0.179 e. The van der Waals surface area contributed by atoms with Crippen molar-refractivity contribution in [2.45, 2.75) is 5.92 Å². The van der Waals surface area contributed by atoms with Crippen LogP contribution >= 0.6 is 11.6 Å². The van der Waals surface area contributed by atoms with Crippen molar-refractivity contribution in [1.29, 1.82) is 0 Å². The number of halogens is 3. The first kappa shape index (κ1) is 12.9. The minimum Gasteiger partial charge on any atom is -0.293 e. The van der Waals surface area contributed by atoms with Gasteiger partial charge in [0.1, 0.15) is 17.6 Å². The molecule has 100 valence electrons. The topological polar surface area (TPSA) is 34.1 Å². The van der Waals surface area contributed by atoms with E-state index < -0.39 is 39.7 Å². The number of hydrogen-bond acceptors (Lipinski definition) is 2. The van der Waals surface area contributed by atoms with Crippen molar-refractivity contribution in [3.05, 3.63) is 69.7 Å². The largest absolute Gasteiger partial charge is 0.293 e. The first-order chi connectivity index (χ1) is 9.52. The second-order valence-electron chi connectivity index (χ2n) is 4.46. The average molecular weight is 293 g/mol. The van der Waals surface area contributed by atoms with Gasteiger partial charge in [-0.25, -0.2) is 8.78 Å². The molecule has 20 heavy (non-hydrogen) atoms. The van der Waals surface area contributed by atoms with E-state index >= 15 is 0 Å². The zero-order chi connectivity index (χ0) is 14.4. The molecular formula is C15H7ClF2O2. The Labute approximate surface area is 118 Å². The zero-order valence-electron chi connectivity index (χ0n) is 9.99. The van der Waals surface area contributed by atoms with Crippen LogP contribution in [0, 0.1) is 11.6 Å². The molecular weight excluding hydrogens is 286 g/mol. The lowest BCUT2D eigenvalue weighted by Crippen LogP contribution is -2.15. The smallest absolute Gasteiger partial charge is 0.179 e. The summed E-state index contributed by atoms with van der Waals surface area (Å²) in [5, 5.41) is -0.524. The van der Waals surface area contributed by atoms with Crippen LogP contribution in [0.5, 0.6) is 0 Å². The Morgan fingerprint density at radius 1 is 0.850 bits per heavy atom. The van der Waals surface area contributed by atoms with Gasteiger partial charge in [-0.3, -0.25) is 9.59 Å². The molecule has 2 aromatic carbocycles. The minimum absolute atomic E-state index is 0.210. The van der Waals surface area contributed by atoms with Gasteiger partial charge < -0.3 is 0 Å². The predicted octanol–water partition coefficient (Wildman–Crippen LogP) is 3.78. The lowest BCUT2D eigenvalue weighted by atomic mass is 9.93. The van der Waals surface area contributed by atoms with E-state index in [1.165, 1.54) is 12.1 Å². The number of carbonyl (C=O) groups excluding carboxylic acids is 2. The third kappa shape index (κ3) is 1.68. The predicted molar refractivity (Wildman–Crippen MR) is 69.2 cm³/mol. The molecule has 0 amide bonds. The molecule has 0 bridgehead atoms. The quantitative estimate of drug-likeness (QED) is 0.592. The Bertz CT molecular complexity index is 721. The monoisotopic (exact) mass is 292 g/mol. The van der Waals surface area contributed by atoms with Crippen LogP contribution in [0.15, 0.2) is 36.4 Å². The van der Waals surface area contributed by atoms with Gasteiger partial charge in [0.2, 0.25) is 0 Å². The summed E-state index contributed by atoms with van der Waals surface area (Å²) in [6.45, 7) is 0. The first-order valence-electron chi connectivity index (χ1n) is 5.83. The summed E-state index contributed by atoms with van der Waals surface area (Å²) >= 11 is 5.73. The summed E-state index contributed by atoms with van der Waals surface area (Å²) in [6, 6.07) is 7.91. The van der Waals surface area contributed by atoms with E-state index in [2.05, 4.69) is 0 Å². The molecule has 0 saturated carbocycles. The van der Waals surface area contributed by atoms with Crippen LogP contribution in [0.4, 0.5) is 8.78 Å². The van der Waals surface area contributed by atoms with E-state index in [0.717, 1.165) is 12.1 Å². The zero-order valence-corrected chi connectivity index (χ0v) is 10.7. The van der Waals surface area contributed by atoms with Crippen molar-refractivity contribution >= 4 is 23.2 Å². The number of benzene rings is 2. The normalized spacial score (nSPS) is 14.8. The van der Waals surface area contributed by atoms with Gasteiger partial charge in [-0.1, -0.05) is 35.9 Å². The highest BCUT2D eigenvalue weighted by Gasteiger charge is 2.42. The number of carbonyl (C=O) groups is 2. The molecule has 0 heterocycles. The molecule has 0 fully saturated rings. The molecule has 0 atom stereocenters. The van der Waals surface area contributed by atoms with E-state index in [4.69, 9.17) is 11.6 Å². The van der Waals surface area contributed by atoms with Crippen LogP contribution in [0.3, 0.4) is 0 Å². The molecule has 0 aliphatic heterocycles. The Morgan fingerprint density at radius 3 is 1.90 bits per heavy atom.